The van der Waals surface area contributed by atoms with Gasteiger partial charge in [0.15, 0.2) is 11.5 Å². The van der Waals surface area contributed by atoms with Crippen molar-refractivity contribution in [2.24, 2.45) is 0 Å². The Kier molecular flexibility index (Phi) is 7.48. The van der Waals surface area contributed by atoms with Crippen LogP contribution in [-0.2, 0) is 20.9 Å². The molecule has 0 N–H and O–H groups in total. The van der Waals surface area contributed by atoms with E-state index in [9.17, 15) is 14.4 Å². The largest absolute Gasteiger partial charge is 0.493 e. The number of rotatable bonds is 7. The molecule has 1 aliphatic heterocycles. The molecule has 0 bridgehead atoms. The minimum absolute atomic E-state index is 0.164. The van der Waals surface area contributed by atoms with Gasteiger partial charge in [0.05, 0.1) is 24.1 Å². The Morgan fingerprint density at radius 2 is 1.97 bits per heavy atom. The fourth-order valence-corrected chi connectivity index (χ4v) is 4.34. The van der Waals surface area contributed by atoms with Crippen molar-refractivity contribution in [2.75, 3.05) is 14.2 Å². The van der Waals surface area contributed by atoms with Crippen LogP contribution < -0.4 is 9.47 Å². The van der Waals surface area contributed by atoms with Crippen molar-refractivity contribution >= 4 is 46.6 Å². The molecule has 0 aliphatic carbocycles. The predicted octanol–water partition coefficient (Wildman–Crippen LogP) is 4.83. The van der Waals surface area contributed by atoms with E-state index in [2.05, 4.69) is 4.74 Å². The highest BCUT2D eigenvalue weighted by Crippen LogP contribution is 2.39. The number of amides is 2. The van der Waals surface area contributed by atoms with E-state index in [1.165, 1.54) is 27.2 Å². The number of esters is 1. The lowest BCUT2D eigenvalue weighted by Crippen LogP contribution is -2.42. The van der Waals surface area contributed by atoms with Crippen LogP contribution in [0.25, 0.3) is 6.08 Å². The van der Waals surface area contributed by atoms with Crippen molar-refractivity contribution in [2.45, 2.75) is 26.5 Å². The molecule has 3 rings (SSSR count). The molecule has 1 atom stereocenters. The van der Waals surface area contributed by atoms with Crippen molar-refractivity contribution in [3.63, 3.8) is 0 Å². The molecule has 1 heterocycles. The predicted molar refractivity (Wildman–Crippen MR) is 123 cm³/mol. The number of imide groups is 1. The summed E-state index contributed by atoms with van der Waals surface area (Å²) in [5, 5.41) is -0.249. The summed E-state index contributed by atoms with van der Waals surface area (Å²) >= 11 is 7.18. The second-order valence-corrected chi connectivity index (χ2v) is 8.46. The van der Waals surface area contributed by atoms with Crippen molar-refractivity contribution in [3.05, 3.63) is 63.0 Å². The van der Waals surface area contributed by atoms with Gasteiger partial charge in [-0.3, -0.25) is 14.5 Å². The number of benzene rings is 2. The molecule has 1 fully saturated rings. The molecule has 1 aliphatic rings. The third-order valence-corrected chi connectivity index (χ3v) is 5.93. The lowest BCUT2D eigenvalue weighted by Gasteiger charge is -2.18. The lowest BCUT2D eigenvalue weighted by molar-refractivity contribution is -0.148. The first kappa shape index (κ1) is 23.7. The maximum Gasteiger partial charge on any atom is 0.328 e. The third kappa shape index (κ3) is 5.08. The van der Waals surface area contributed by atoms with E-state index in [0.717, 1.165) is 27.8 Å². The minimum Gasteiger partial charge on any atom is -0.493 e. The third-order valence-electron chi connectivity index (χ3n) is 4.77. The van der Waals surface area contributed by atoms with E-state index in [4.69, 9.17) is 21.1 Å². The van der Waals surface area contributed by atoms with Gasteiger partial charge in [-0.05, 0) is 54.9 Å². The summed E-state index contributed by atoms with van der Waals surface area (Å²) in [5.41, 5.74) is 2.65. The molecule has 1 saturated heterocycles. The van der Waals surface area contributed by atoms with Gasteiger partial charge in [0.25, 0.3) is 11.1 Å². The fraction of sp³-hybridized carbons (Fsp3) is 0.261. The smallest absolute Gasteiger partial charge is 0.328 e. The maximum atomic E-state index is 12.7. The molecule has 1 unspecified atom stereocenters. The van der Waals surface area contributed by atoms with Crippen molar-refractivity contribution in [1.82, 2.24) is 4.90 Å². The summed E-state index contributed by atoms with van der Waals surface area (Å²) in [4.78, 5) is 37.8. The molecule has 0 aromatic heterocycles. The highest BCUT2D eigenvalue weighted by atomic mass is 35.5. The van der Waals surface area contributed by atoms with Crippen molar-refractivity contribution in [1.29, 1.82) is 0 Å². The van der Waals surface area contributed by atoms with E-state index in [-0.39, 0.29) is 4.91 Å². The van der Waals surface area contributed by atoms with E-state index >= 15 is 0 Å². The normalized spacial score (nSPS) is 15.8. The van der Waals surface area contributed by atoms with E-state index < -0.39 is 23.2 Å². The average molecular weight is 476 g/mol. The zero-order valence-electron chi connectivity index (χ0n) is 18.0. The second kappa shape index (κ2) is 10.1. The van der Waals surface area contributed by atoms with Gasteiger partial charge in [-0.15, -0.1) is 0 Å². The van der Waals surface area contributed by atoms with E-state index in [1.54, 1.807) is 12.1 Å². The van der Waals surface area contributed by atoms with Crippen molar-refractivity contribution in [3.8, 4) is 11.5 Å². The number of hydrogen-bond acceptors (Lipinski definition) is 7. The Hall–Kier alpha value is -2.97. The summed E-state index contributed by atoms with van der Waals surface area (Å²) in [5.74, 6) is -0.486. The molecule has 2 aromatic rings. The SMILES string of the molecule is COC(=O)C(C)N1C(=O)S/C(=C/c2cc(Cl)c(OCc3cccc(C)c3)c(OC)c2)C1=O. The number of carbonyl (C=O) groups excluding carboxylic acids is 3. The summed E-state index contributed by atoms with van der Waals surface area (Å²) < 4.78 is 15.9. The quantitative estimate of drug-likeness (QED) is 0.418. The Bertz CT molecular complexity index is 1100. The summed E-state index contributed by atoms with van der Waals surface area (Å²) in [7, 11) is 2.69. The molecular weight excluding hydrogens is 454 g/mol. The van der Waals surface area contributed by atoms with Crippen LogP contribution in [0.1, 0.15) is 23.6 Å². The van der Waals surface area contributed by atoms with Crippen LogP contribution in [0.2, 0.25) is 5.02 Å². The van der Waals surface area contributed by atoms with Gasteiger partial charge in [-0.2, -0.15) is 0 Å². The molecule has 9 heteroatoms. The molecule has 168 valence electrons. The molecule has 0 saturated carbocycles. The Labute approximate surface area is 195 Å². The molecule has 2 amide bonds. The molecule has 32 heavy (non-hydrogen) atoms. The first-order valence-electron chi connectivity index (χ1n) is 9.66. The summed E-state index contributed by atoms with van der Waals surface area (Å²) in [6.45, 7) is 3.74. The number of carbonyl (C=O) groups is 3. The number of hydrogen-bond donors (Lipinski definition) is 0. The van der Waals surface area contributed by atoms with Crippen LogP contribution in [0.4, 0.5) is 4.79 Å². The first-order valence-corrected chi connectivity index (χ1v) is 10.9. The van der Waals surface area contributed by atoms with Gasteiger partial charge in [0, 0.05) is 0 Å². The van der Waals surface area contributed by atoms with Crippen LogP contribution in [0.5, 0.6) is 11.5 Å². The van der Waals surface area contributed by atoms with Crippen LogP contribution in [0, 0.1) is 6.92 Å². The number of aryl methyl sites for hydroxylation is 1. The van der Waals surface area contributed by atoms with Gasteiger partial charge in [-0.1, -0.05) is 41.4 Å². The topological polar surface area (TPSA) is 82.1 Å². The number of ether oxygens (including phenoxy) is 3. The van der Waals surface area contributed by atoms with Gasteiger partial charge in [0.1, 0.15) is 12.6 Å². The first-order chi connectivity index (χ1) is 15.2. The maximum absolute atomic E-state index is 12.7. The standard InChI is InChI=1S/C23H22ClNO6S/c1-13-6-5-7-15(8-13)12-31-20-17(24)9-16(10-18(20)29-3)11-19-21(26)25(23(28)32-19)14(2)22(27)30-4/h5-11,14H,12H2,1-4H3/b19-11+. The highest BCUT2D eigenvalue weighted by Gasteiger charge is 2.41. The van der Waals surface area contributed by atoms with Crippen molar-refractivity contribution < 1.29 is 28.6 Å². The molecule has 2 aromatic carbocycles. The van der Waals surface area contributed by atoms with Gasteiger partial charge >= 0.3 is 5.97 Å². The van der Waals surface area contributed by atoms with Crippen LogP contribution in [0.15, 0.2) is 41.3 Å². The fourth-order valence-electron chi connectivity index (χ4n) is 3.16. The monoisotopic (exact) mass is 475 g/mol. The number of methoxy groups -OCH3 is 2. The minimum atomic E-state index is -1.02. The number of thioether (sulfide) groups is 1. The zero-order valence-corrected chi connectivity index (χ0v) is 19.6. The zero-order chi connectivity index (χ0) is 23.4. The summed E-state index contributed by atoms with van der Waals surface area (Å²) in [6.07, 6.45) is 1.52. The van der Waals surface area contributed by atoms with Crippen LogP contribution >= 0.6 is 23.4 Å². The molecule has 7 nitrogen and oxygen atoms in total. The highest BCUT2D eigenvalue weighted by molar-refractivity contribution is 8.18. The number of halogens is 1. The molecular formula is C23H22ClNO6S. The average Bonchev–Trinajstić information content (AvgIpc) is 3.04. The van der Waals surface area contributed by atoms with E-state index in [1.807, 2.05) is 31.2 Å². The number of nitrogens with zero attached hydrogens (tertiary/aromatic N) is 1. The lowest BCUT2D eigenvalue weighted by atomic mass is 10.1. The van der Waals surface area contributed by atoms with Crippen LogP contribution in [0.3, 0.4) is 0 Å². The molecule has 0 radical (unpaired) electrons. The van der Waals surface area contributed by atoms with E-state index in [0.29, 0.717) is 28.7 Å². The van der Waals surface area contributed by atoms with Gasteiger partial charge < -0.3 is 14.2 Å². The van der Waals surface area contributed by atoms with Gasteiger partial charge in [0.2, 0.25) is 0 Å². The second-order valence-electron chi connectivity index (χ2n) is 7.06. The Morgan fingerprint density at radius 3 is 2.62 bits per heavy atom. The summed E-state index contributed by atoms with van der Waals surface area (Å²) in [6, 6.07) is 10.2. The van der Waals surface area contributed by atoms with Crippen LogP contribution in [-0.4, -0.2) is 42.3 Å². The molecule has 0 spiro atoms. The Balaban J connectivity index is 1.84. The Morgan fingerprint density at radius 1 is 1.22 bits per heavy atom. The van der Waals surface area contributed by atoms with Gasteiger partial charge in [-0.25, -0.2) is 4.79 Å².